The van der Waals surface area contributed by atoms with Gasteiger partial charge >= 0.3 is 0 Å². The van der Waals surface area contributed by atoms with Crippen LogP contribution in [0.1, 0.15) is 63.9 Å². The Hall–Kier alpha value is -2.33. The van der Waals surface area contributed by atoms with Gasteiger partial charge in [0.1, 0.15) is 24.3 Å². The lowest BCUT2D eigenvalue weighted by molar-refractivity contribution is 0.0915. The number of fused-ring (bicyclic) bond motifs is 1. The molecule has 3 aromatic rings. The molecular formula is C25H34N2O2. The number of benzene rings is 2. The second-order valence-electron chi connectivity index (χ2n) is 9.09. The number of nitrogens with zero attached hydrogens (tertiary/aromatic N) is 2. The summed E-state index contributed by atoms with van der Waals surface area (Å²) in [6, 6.07) is 14.4. The van der Waals surface area contributed by atoms with Gasteiger partial charge in [-0.2, -0.15) is 0 Å². The van der Waals surface area contributed by atoms with Crippen LogP contribution in [-0.2, 0) is 12.0 Å². The van der Waals surface area contributed by atoms with Crippen molar-refractivity contribution in [2.24, 2.45) is 0 Å². The van der Waals surface area contributed by atoms with Crippen LogP contribution >= 0.6 is 0 Å². The van der Waals surface area contributed by atoms with Crippen molar-refractivity contribution in [3.63, 3.8) is 0 Å². The van der Waals surface area contributed by atoms with Crippen LogP contribution in [0.4, 0.5) is 0 Å². The fourth-order valence-corrected chi connectivity index (χ4v) is 3.65. The van der Waals surface area contributed by atoms with E-state index in [1.54, 1.807) is 0 Å². The molecule has 0 amide bonds. The molecule has 4 heteroatoms. The first-order valence-corrected chi connectivity index (χ1v) is 10.6. The molecule has 2 unspecified atom stereocenters. The van der Waals surface area contributed by atoms with E-state index in [4.69, 9.17) is 9.72 Å². The van der Waals surface area contributed by atoms with Crippen LogP contribution in [0.25, 0.3) is 11.0 Å². The monoisotopic (exact) mass is 394 g/mol. The van der Waals surface area contributed by atoms with Crippen molar-refractivity contribution in [2.75, 3.05) is 6.61 Å². The molecular weight excluding hydrogens is 360 g/mol. The Labute approximate surface area is 174 Å². The second kappa shape index (κ2) is 8.58. The molecule has 2 aromatic carbocycles. The Kier molecular flexibility index (Phi) is 6.33. The lowest BCUT2D eigenvalue weighted by Gasteiger charge is -2.24. The summed E-state index contributed by atoms with van der Waals surface area (Å²) in [7, 11) is 0. The first kappa shape index (κ1) is 21.4. The molecule has 1 N–H and O–H groups in total. The first-order chi connectivity index (χ1) is 13.7. The highest BCUT2D eigenvalue weighted by Crippen LogP contribution is 2.32. The third kappa shape index (κ3) is 4.81. The number of aryl methyl sites for hydroxylation is 1. The molecule has 1 aromatic heterocycles. The Bertz CT molecular complexity index is 969. The number of aliphatic hydroxyl groups excluding tert-OH is 1. The van der Waals surface area contributed by atoms with Gasteiger partial charge in [-0.25, -0.2) is 4.98 Å². The smallest absolute Gasteiger partial charge is 0.123 e. The average Bonchev–Trinajstić information content (AvgIpc) is 3.04. The molecule has 2 atom stereocenters. The Morgan fingerprint density at radius 3 is 2.55 bits per heavy atom. The van der Waals surface area contributed by atoms with Crippen molar-refractivity contribution in [3.05, 3.63) is 59.4 Å². The molecule has 0 radical (unpaired) electrons. The number of ether oxygens (including phenoxy) is 1. The van der Waals surface area contributed by atoms with Crippen LogP contribution in [0.3, 0.4) is 0 Å². The fraction of sp³-hybridized carbons (Fsp3) is 0.480. The third-order valence-electron chi connectivity index (χ3n) is 5.50. The minimum Gasteiger partial charge on any atom is -0.491 e. The molecule has 29 heavy (non-hydrogen) atoms. The van der Waals surface area contributed by atoms with Crippen LogP contribution in [0.2, 0.25) is 0 Å². The lowest BCUT2D eigenvalue weighted by Crippen LogP contribution is -2.26. The summed E-state index contributed by atoms with van der Waals surface area (Å²) in [6.45, 7) is 13.7. The quantitative estimate of drug-likeness (QED) is 0.568. The van der Waals surface area contributed by atoms with Crippen LogP contribution in [0, 0.1) is 6.92 Å². The van der Waals surface area contributed by atoms with Gasteiger partial charge in [0.15, 0.2) is 0 Å². The van der Waals surface area contributed by atoms with Crippen LogP contribution in [0.5, 0.6) is 5.75 Å². The minimum atomic E-state index is -0.621. The van der Waals surface area contributed by atoms with Gasteiger partial charge in [-0.15, -0.1) is 0 Å². The van der Waals surface area contributed by atoms with Gasteiger partial charge in [0.2, 0.25) is 0 Å². The zero-order valence-corrected chi connectivity index (χ0v) is 18.6. The maximum atomic E-state index is 10.8. The molecule has 4 nitrogen and oxygen atoms in total. The van der Waals surface area contributed by atoms with Gasteiger partial charge in [0, 0.05) is 5.92 Å². The maximum Gasteiger partial charge on any atom is 0.123 e. The van der Waals surface area contributed by atoms with E-state index in [0.717, 1.165) is 34.6 Å². The molecule has 1 heterocycles. The summed E-state index contributed by atoms with van der Waals surface area (Å²) < 4.78 is 8.23. The molecule has 0 aliphatic rings. The fourth-order valence-electron chi connectivity index (χ4n) is 3.65. The number of imidazole rings is 1. The van der Waals surface area contributed by atoms with E-state index < -0.39 is 6.10 Å². The topological polar surface area (TPSA) is 47.3 Å². The predicted octanol–water partition coefficient (Wildman–Crippen LogP) is 5.60. The van der Waals surface area contributed by atoms with Gasteiger partial charge < -0.3 is 14.4 Å². The summed E-state index contributed by atoms with van der Waals surface area (Å²) in [5, 5.41) is 10.8. The summed E-state index contributed by atoms with van der Waals surface area (Å²) in [4.78, 5) is 4.82. The molecule has 0 aliphatic carbocycles. The normalized spacial score (nSPS) is 14.2. The third-order valence-corrected chi connectivity index (χ3v) is 5.50. The van der Waals surface area contributed by atoms with Crippen molar-refractivity contribution in [1.29, 1.82) is 0 Å². The van der Waals surface area contributed by atoms with E-state index in [2.05, 4.69) is 64.3 Å². The first-order valence-electron chi connectivity index (χ1n) is 10.6. The van der Waals surface area contributed by atoms with E-state index >= 15 is 0 Å². The average molecular weight is 395 g/mol. The summed E-state index contributed by atoms with van der Waals surface area (Å²) in [5.41, 5.74) is 4.40. The molecule has 0 fully saturated rings. The van der Waals surface area contributed by atoms with Gasteiger partial charge in [0.25, 0.3) is 0 Å². The summed E-state index contributed by atoms with van der Waals surface area (Å²) >= 11 is 0. The van der Waals surface area contributed by atoms with Crippen LogP contribution in [-0.4, -0.2) is 27.4 Å². The molecule has 156 valence electrons. The standard InChI is InChI=1S/C25H34N2O2/c1-7-18(3)24-26-21-10-8-9-11-22(21)27(24)15-19(28)16-29-23-13-12-17(2)14-20(23)25(4,5)6/h8-14,18-19,28H,7,15-16H2,1-6H3. The lowest BCUT2D eigenvalue weighted by atomic mass is 9.85. The largest absolute Gasteiger partial charge is 0.491 e. The Balaban J connectivity index is 1.80. The van der Waals surface area contributed by atoms with Gasteiger partial charge in [0.05, 0.1) is 17.6 Å². The molecule has 0 saturated heterocycles. The summed E-state index contributed by atoms with van der Waals surface area (Å²) in [6.07, 6.45) is 0.387. The van der Waals surface area contributed by atoms with Crippen molar-refractivity contribution in [1.82, 2.24) is 9.55 Å². The van der Waals surface area contributed by atoms with Crippen LogP contribution in [0.15, 0.2) is 42.5 Å². The molecule has 0 saturated carbocycles. The van der Waals surface area contributed by atoms with Crippen molar-refractivity contribution in [3.8, 4) is 5.75 Å². The number of para-hydroxylation sites is 2. The maximum absolute atomic E-state index is 10.8. The SMILES string of the molecule is CCC(C)c1nc2ccccc2n1CC(O)COc1ccc(C)cc1C(C)(C)C. The number of rotatable bonds is 7. The van der Waals surface area contributed by atoms with Gasteiger partial charge in [-0.1, -0.05) is 64.4 Å². The highest BCUT2D eigenvalue weighted by molar-refractivity contribution is 5.76. The van der Waals surface area contributed by atoms with Crippen molar-refractivity contribution >= 4 is 11.0 Å². The minimum absolute atomic E-state index is 0.0173. The summed E-state index contributed by atoms with van der Waals surface area (Å²) in [5.74, 6) is 2.21. The van der Waals surface area contributed by atoms with E-state index in [9.17, 15) is 5.11 Å². The predicted molar refractivity (Wildman–Crippen MR) is 120 cm³/mol. The van der Waals surface area contributed by atoms with E-state index in [1.165, 1.54) is 5.56 Å². The highest BCUT2D eigenvalue weighted by Gasteiger charge is 2.21. The van der Waals surface area contributed by atoms with Gasteiger partial charge in [-0.3, -0.25) is 0 Å². The number of aliphatic hydroxyl groups is 1. The Morgan fingerprint density at radius 2 is 1.86 bits per heavy atom. The van der Waals surface area contributed by atoms with Gasteiger partial charge in [-0.05, 0) is 42.5 Å². The second-order valence-corrected chi connectivity index (χ2v) is 9.09. The molecule has 3 rings (SSSR count). The van der Waals surface area contributed by atoms with E-state index in [1.807, 2.05) is 24.3 Å². The van der Waals surface area contributed by atoms with E-state index in [0.29, 0.717) is 12.5 Å². The highest BCUT2D eigenvalue weighted by atomic mass is 16.5. The molecule has 0 bridgehead atoms. The number of hydrogen-bond acceptors (Lipinski definition) is 3. The van der Waals surface area contributed by atoms with Crippen molar-refractivity contribution < 1.29 is 9.84 Å². The van der Waals surface area contributed by atoms with Crippen molar-refractivity contribution in [2.45, 2.75) is 71.9 Å². The molecule has 0 aliphatic heterocycles. The van der Waals surface area contributed by atoms with Crippen LogP contribution < -0.4 is 4.74 Å². The zero-order chi connectivity index (χ0) is 21.2. The Morgan fingerprint density at radius 1 is 1.14 bits per heavy atom. The molecule has 0 spiro atoms. The number of aromatic nitrogens is 2. The van der Waals surface area contributed by atoms with E-state index in [-0.39, 0.29) is 12.0 Å². The number of hydrogen-bond donors (Lipinski definition) is 1. The zero-order valence-electron chi connectivity index (χ0n) is 18.6.